The second-order valence-corrected chi connectivity index (χ2v) is 16.1. The first-order valence-electron chi connectivity index (χ1n) is 19.8. The van der Waals surface area contributed by atoms with Gasteiger partial charge in [-0.3, -0.25) is 19.4 Å². The molecule has 59 heavy (non-hydrogen) atoms. The van der Waals surface area contributed by atoms with E-state index >= 15 is 0 Å². The maximum absolute atomic E-state index is 14.4. The van der Waals surface area contributed by atoms with Gasteiger partial charge < -0.3 is 54.9 Å². The fraction of sp³-hybridized carbons (Fsp3) is 0.535. The van der Waals surface area contributed by atoms with Crippen molar-refractivity contribution in [2.75, 3.05) is 25.5 Å². The Morgan fingerprint density at radius 3 is 2.32 bits per heavy atom. The van der Waals surface area contributed by atoms with Crippen molar-refractivity contribution in [2.24, 2.45) is 28.8 Å². The summed E-state index contributed by atoms with van der Waals surface area (Å²) in [5, 5.41) is 76.6. The van der Waals surface area contributed by atoms with Crippen molar-refractivity contribution in [2.45, 2.75) is 105 Å². The van der Waals surface area contributed by atoms with Crippen LogP contribution in [0.25, 0.3) is 10.8 Å². The summed E-state index contributed by atoms with van der Waals surface area (Å²) in [6, 6.07) is 0. The monoisotopic (exact) mass is 823 g/mol. The van der Waals surface area contributed by atoms with E-state index in [-0.39, 0.29) is 51.0 Å². The van der Waals surface area contributed by atoms with E-state index in [9.17, 15) is 45.0 Å². The minimum atomic E-state index is -2.07. The quantitative estimate of drug-likeness (QED) is 0.0971. The molecule has 16 heteroatoms. The number of ketones is 1. The maximum Gasteiger partial charge on any atom is 0.312 e. The van der Waals surface area contributed by atoms with Gasteiger partial charge in [0.1, 0.15) is 23.4 Å². The van der Waals surface area contributed by atoms with Crippen LogP contribution in [0.5, 0.6) is 23.0 Å². The number of phenolic OH excluding ortho intramolecular Hbond substituents is 3. The summed E-state index contributed by atoms with van der Waals surface area (Å²) in [7, 11) is 1.43. The summed E-state index contributed by atoms with van der Waals surface area (Å²) >= 11 is 0. The number of hydrazone groups is 1. The normalized spacial score (nSPS) is 33.0. The van der Waals surface area contributed by atoms with E-state index in [4.69, 9.17) is 18.9 Å². The van der Waals surface area contributed by atoms with Crippen LogP contribution in [-0.4, -0.2) is 116 Å². The lowest BCUT2D eigenvalue weighted by molar-refractivity contribution is -0.160. The highest BCUT2D eigenvalue weighted by Gasteiger charge is 2.50. The Kier molecular flexibility index (Phi) is 13.7. The third-order valence-electron chi connectivity index (χ3n) is 11.8. The molecule has 16 nitrogen and oxygen atoms in total. The van der Waals surface area contributed by atoms with Crippen molar-refractivity contribution in [1.82, 2.24) is 5.01 Å². The van der Waals surface area contributed by atoms with Crippen molar-refractivity contribution < 1.29 is 64.0 Å². The first kappa shape index (κ1) is 44.9. The number of methoxy groups -OCH3 is 1. The molecule has 1 unspecified atom stereocenters. The zero-order chi connectivity index (χ0) is 43.7. The fourth-order valence-electron chi connectivity index (χ4n) is 8.05. The van der Waals surface area contributed by atoms with Gasteiger partial charge in [0.05, 0.1) is 65.6 Å². The highest BCUT2D eigenvalue weighted by molar-refractivity contribution is 6.23. The number of aliphatic hydroxyl groups excluding tert-OH is 3. The number of aromatic hydroxyl groups is 3. The van der Waals surface area contributed by atoms with Crippen molar-refractivity contribution >= 4 is 40.3 Å². The van der Waals surface area contributed by atoms with Gasteiger partial charge in [-0.1, -0.05) is 45.9 Å². The number of Topliss-reactive ketones (excluding diaryl/α,β-unsaturated/α-hetero) is 1. The van der Waals surface area contributed by atoms with E-state index in [1.807, 2.05) is 0 Å². The molecule has 1 amide bonds. The van der Waals surface area contributed by atoms with Gasteiger partial charge in [0.15, 0.2) is 5.75 Å². The summed E-state index contributed by atoms with van der Waals surface area (Å²) < 4.78 is 23.5. The van der Waals surface area contributed by atoms with Crippen molar-refractivity contribution in [3.05, 3.63) is 52.8 Å². The molecule has 6 rings (SSSR count). The summed E-state index contributed by atoms with van der Waals surface area (Å²) in [6.07, 6.45) is 5.20. The molecule has 2 aromatic rings. The molecule has 5 bridgehead atoms. The van der Waals surface area contributed by atoms with E-state index in [1.54, 1.807) is 44.9 Å². The first-order valence-corrected chi connectivity index (χ1v) is 19.8. The number of allylic oxidation sites excluding steroid dienone is 2. The van der Waals surface area contributed by atoms with E-state index in [0.29, 0.717) is 19.4 Å². The fourth-order valence-corrected chi connectivity index (χ4v) is 8.05. The number of phenols is 3. The van der Waals surface area contributed by atoms with Gasteiger partial charge in [-0.15, -0.1) is 0 Å². The van der Waals surface area contributed by atoms with Crippen LogP contribution in [0.4, 0.5) is 5.69 Å². The number of hydrogen-bond donors (Lipinski definition) is 7. The molecule has 0 radical (unpaired) electrons. The van der Waals surface area contributed by atoms with Crippen molar-refractivity contribution in [3.63, 3.8) is 0 Å². The second kappa shape index (κ2) is 18.0. The number of nitrogens with zero attached hydrogens (tertiary/aromatic N) is 2. The Bertz CT molecular complexity index is 2080. The number of aliphatic hydroxyl groups is 3. The van der Waals surface area contributed by atoms with Crippen LogP contribution >= 0.6 is 0 Å². The van der Waals surface area contributed by atoms with Crippen LogP contribution in [-0.2, 0) is 23.8 Å². The number of nitrogens with one attached hydrogen (secondary N) is 1. The molecule has 322 valence electrons. The van der Waals surface area contributed by atoms with Gasteiger partial charge in [0, 0.05) is 67.7 Å². The molecule has 0 aromatic heterocycles. The second-order valence-electron chi connectivity index (χ2n) is 16.1. The van der Waals surface area contributed by atoms with Crippen LogP contribution in [0.15, 0.2) is 41.2 Å². The van der Waals surface area contributed by atoms with E-state index in [0.717, 1.165) is 0 Å². The van der Waals surface area contributed by atoms with Gasteiger partial charge >= 0.3 is 11.8 Å². The molecule has 1 saturated heterocycles. The third kappa shape index (κ3) is 8.91. The number of piperidine rings is 1. The Morgan fingerprint density at radius 2 is 1.68 bits per heavy atom. The molecule has 4 heterocycles. The summed E-state index contributed by atoms with van der Waals surface area (Å²) in [5.74, 6) is -8.63. The highest BCUT2D eigenvalue weighted by Crippen LogP contribution is 2.55. The summed E-state index contributed by atoms with van der Waals surface area (Å²) in [5.41, 5.74) is -0.555. The lowest BCUT2D eigenvalue weighted by atomic mass is 9.78. The van der Waals surface area contributed by atoms with Crippen LogP contribution in [0.3, 0.4) is 0 Å². The molecule has 10 atom stereocenters. The van der Waals surface area contributed by atoms with Crippen LogP contribution in [0, 0.1) is 30.6 Å². The molecular weight excluding hydrogens is 766 g/mol. The SMILES string of the molecule is CO[C@H]1/C=C/O[C@@]2(C)Oc3c(C)c(O)c4c(O)c(c(/C=N/N5CCCC(O)C5)c(O)c4c3C2=O)NC(=O)/C(C)=C/C=C/[C@H](C)[C@H](O)[C@@H](C)[C@@H](O)[C@@H](C)[C@H](OC(C)=O)[C@@H]1C. The molecular formula is C43H57N3O13. The number of carbonyl (C=O) groups is 3. The molecule has 4 aliphatic rings. The number of hydrogen-bond acceptors (Lipinski definition) is 15. The zero-order valence-corrected chi connectivity index (χ0v) is 34.9. The van der Waals surface area contributed by atoms with Crippen LogP contribution in [0.2, 0.25) is 0 Å². The number of ether oxygens (including phenoxy) is 4. The predicted molar refractivity (Wildman–Crippen MR) is 218 cm³/mol. The van der Waals surface area contributed by atoms with Crippen molar-refractivity contribution in [3.8, 4) is 23.0 Å². The number of benzene rings is 2. The van der Waals surface area contributed by atoms with E-state index in [2.05, 4.69) is 10.4 Å². The Hall–Kier alpha value is -5.16. The van der Waals surface area contributed by atoms with E-state index in [1.165, 1.54) is 59.4 Å². The van der Waals surface area contributed by atoms with Gasteiger partial charge in [0.2, 0.25) is 0 Å². The maximum atomic E-state index is 14.4. The topological polar surface area (TPSA) is 237 Å². The summed E-state index contributed by atoms with van der Waals surface area (Å²) in [4.78, 5) is 40.5. The molecule has 1 fully saturated rings. The largest absolute Gasteiger partial charge is 0.507 e. The molecule has 7 N–H and O–H groups in total. The lowest BCUT2D eigenvalue weighted by Gasteiger charge is -2.38. The van der Waals surface area contributed by atoms with E-state index < -0.39 is 94.9 Å². The third-order valence-corrected chi connectivity index (χ3v) is 11.8. The number of carbonyl (C=O) groups excluding carboxylic acids is 3. The van der Waals surface area contributed by atoms with Gasteiger partial charge in [0.25, 0.3) is 11.7 Å². The predicted octanol–water partition coefficient (Wildman–Crippen LogP) is 4.54. The van der Waals surface area contributed by atoms with Gasteiger partial charge in [-0.2, -0.15) is 5.10 Å². The van der Waals surface area contributed by atoms with Crippen molar-refractivity contribution in [1.29, 1.82) is 0 Å². The Balaban J connectivity index is 1.71. The number of β-amino-alcohol motifs (C(OH)–C–C–N with tert-alkyl or cyclic N) is 1. The number of fused-ring (bicyclic) bond motifs is 14. The average molecular weight is 824 g/mol. The molecule has 4 aliphatic heterocycles. The molecule has 2 aromatic carbocycles. The number of amides is 1. The smallest absolute Gasteiger partial charge is 0.312 e. The average Bonchev–Trinajstić information content (AvgIpc) is 3.46. The number of rotatable bonds is 4. The van der Waals surface area contributed by atoms with Gasteiger partial charge in [-0.05, 0) is 32.8 Å². The molecule has 0 saturated carbocycles. The Labute approximate surface area is 343 Å². The number of anilines is 1. The zero-order valence-electron chi connectivity index (χ0n) is 34.9. The first-order chi connectivity index (χ1) is 27.7. The highest BCUT2D eigenvalue weighted by atomic mass is 16.7. The van der Waals surface area contributed by atoms with Crippen LogP contribution in [0.1, 0.15) is 82.8 Å². The lowest BCUT2D eigenvalue weighted by Crippen LogP contribution is -2.46. The van der Waals surface area contributed by atoms with Gasteiger partial charge in [-0.25, -0.2) is 0 Å². The standard InChI is InChI=1S/C43H57N3O13/c1-20-12-10-13-21(2)42(55)45-33-28(18-44-46-16-11-14-27(48)19-46)37(52)30-31(38(33)53)36(51)25(6)40-32(30)41(54)43(8,59-40)57-17-15-29(56-9)22(3)39(58-26(7)47)24(5)35(50)23(4)34(20)49/h10,12-13,15,17-18,20,22-24,27,29,34-35,39,48-53H,11,14,16,19H2,1-9H3,(H,45,55)/b12-10+,17-15+,21-13+,44-18+/t20-,22+,23+,24+,27?,29-,34-,35+,39+,43-/m0/s1. The minimum absolute atomic E-state index is 0.0327. The minimum Gasteiger partial charge on any atom is -0.507 e. The molecule has 0 aliphatic carbocycles. The number of esters is 1. The molecule has 0 spiro atoms. The van der Waals surface area contributed by atoms with Crippen LogP contribution < -0.4 is 10.1 Å². The Morgan fingerprint density at radius 1 is 0.983 bits per heavy atom. The summed E-state index contributed by atoms with van der Waals surface area (Å²) in [6.45, 7) is 13.1.